The van der Waals surface area contributed by atoms with Gasteiger partial charge < -0.3 is 15.7 Å². The van der Waals surface area contributed by atoms with Gasteiger partial charge in [0.15, 0.2) is 0 Å². The lowest BCUT2D eigenvalue weighted by molar-refractivity contribution is -0.142. The number of carbonyl (C=O) groups excluding carboxylic acids is 1. The standard InChI is InChI=1S/C10H18N2O3/c1-2-12(7-4-8(13)14)9(15)10(11)5-3-6-10/h2-7,11H2,1H3,(H,13,14). The van der Waals surface area contributed by atoms with Crippen LogP contribution < -0.4 is 5.73 Å². The average Bonchev–Trinajstić information content (AvgIpc) is 2.14. The summed E-state index contributed by atoms with van der Waals surface area (Å²) in [7, 11) is 0. The second-order valence-corrected chi connectivity index (χ2v) is 4.04. The molecule has 1 aliphatic rings. The van der Waals surface area contributed by atoms with Gasteiger partial charge >= 0.3 is 5.97 Å². The molecule has 0 aromatic heterocycles. The van der Waals surface area contributed by atoms with Gasteiger partial charge in [0.05, 0.1) is 12.0 Å². The Balaban J connectivity index is 2.50. The SMILES string of the molecule is CCN(CCC(=O)O)C(=O)C1(N)CCC1. The smallest absolute Gasteiger partial charge is 0.305 e. The quantitative estimate of drug-likeness (QED) is 0.684. The summed E-state index contributed by atoms with van der Waals surface area (Å²) >= 11 is 0. The summed E-state index contributed by atoms with van der Waals surface area (Å²) in [6, 6.07) is 0. The van der Waals surface area contributed by atoms with E-state index >= 15 is 0 Å². The largest absolute Gasteiger partial charge is 0.481 e. The second kappa shape index (κ2) is 4.61. The van der Waals surface area contributed by atoms with Gasteiger partial charge in [0.1, 0.15) is 0 Å². The van der Waals surface area contributed by atoms with Crippen molar-refractivity contribution in [2.45, 2.75) is 38.1 Å². The summed E-state index contributed by atoms with van der Waals surface area (Å²) in [5, 5.41) is 8.54. The Morgan fingerprint density at radius 2 is 2.07 bits per heavy atom. The van der Waals surface area contributed by atoms with E-state index < -0.39 is 11.5 Å². The van der Waals surface area contributed by atoms with E-state index in [1.807, 2.05) is 6.92 Å². The summed E-state index contributed by atoms with van der Waals surface area (Å²) in [4.78, 5) is 23.8. The molecule has 0 aliphatic heterocycles. The summed E-state index contributed by atoms with van der Waals surface area (Å²) in [5.74, 6) is -0.988. The van der Waals surface area contributed by atoms with Crippen molar-refractivity contribution in [3.8, 4) is 0 Å². The lowest BCUT2D eigenvalue weighted by atomic mass is 9.76. The van der Waals surface area contributed by atoms with Gasteiger partial charge in [-0.05, 0) is 26.2 Å². The highest BCUT2D eigenvalue weighted by atomic mass is 16.4. The molecule has 1 fully saturated rings. The summed E-state index contributed by atoms with van der Waals surface area (Å²) < 4.78 is 0. The van der Waals surface area contributed by atoms with Crippen LogP contribution in [0.25, 0.3) is 0 Å². The number of carbonyl (C=O) groups is 2. The van der Waals surface area contributed by atoms with Gasteiger partial charge in [-0.3, -0.25) is 9.59 Å². The third-order valence-electron chi connectivity index (χ3n) is 2.94. The second-order valence-electron chi connectivity index (χ2n) is 4.04. The van der Waals surface area contributed by atoms with Crippen LogP contribution in [0.3, 0.4) is 0 Å². The molecule has 0 bridgehead atoms. The van der Waals surface area contributed by atoms with Crippen molar-refractivity contribution in [3.63, 3.8) is 0 Å². The molecule has 0 saturated heterocycles. The fourth-order valence-electron chi connectivity index (χ4n) is 1.72. The molecule has 86 valence electrons. The van der Waals surface area contributed by atoms with E-state index in [4.69, 9.17) is 10.8 Å². The van der Waals surface area contributed by atoms with Crippen LogP contribution in [0.4, 0.5) is 0 Å². The van der Waals surface area contributed by atoms with Crippen molar-refractivity contribution in [2.75, 3.05) is 13.1 Å². The molecule has 0 aromatic carbocycles. The van der Waals surface area contributed by atoms with Crippen LogP contribution in [0.5, 0.6) is 0 Å². The van der Waals surface area contributed by atoms with Gasteiger partial charge in [0, 0.05) is 13.1 Å². The highest BCUT2D eigenvalue weighted by molar-refractivity contribution is 5.87. The third-order valence-corrected chi connectivity index (χ3v) is 2.94. The zero-order chi connectivity index (χ0) is 11.5. The van der Waals surface area contributed by atoms with Gasteiger partial charge in [-0.25, -0.2) is 0 Å². The molecule has 0 aromatic rings. The van der Waals surface area contributed by atoms with Crippen LogP contribution in [0.2, 0.25) is 0 Å². The van der Waals surface area contributed by atoms with E-state index in [1.165, 1.54) is 4.90 Å². The van der Waals surface area contributed by atoms with Crippen LogP contribution in [0.1, 0.15) is 32.6 Å². The van der Waals surface area contributed by atoms with Crippen LogP contribution in [-0.2, 0) is 9.59 Å². The molecular formula is C10H18N2O3. The maximum atomic E-state index is 11.9. The van der Waals surface area contributed by atoms with Gasteiger partial charge in [0.2, 0.25) is 5.91 Å². The summed E-state index contributed by atoms with van der Waals surface area (Å²) in [6.07, 6.45) is 2.40. The van der Waals surface area contributed by atoms with E-state index in [2.05, 4.69) is 0 Å². The molecule has 1 saturated carbocycles. The average molecular weight is 214 g/mol. The third kappa shape index (κ3) is 2.68. The minimum atomic E-state index is -0.888. The highest BCUT2D eigenvalue weighted by Gasteiger charge is 2.42. The van der Waals surface area contributed by atoms with Crippen molar-refractivity contribution in [3.05, 3.63) is 0 Å². The maximum absolute atomic E-state index is 11.9. The zero-order valence-corrected chi connectivity index (χ0v) is 9.03. The topological polar surface area (TPSA) is 83.6 Å². The Morgan fingerprint density at radius 1 is 1.47 bits per heavy atom. The van der Waals surface area contributed by atoms with Crippen LogP contribution in [-0.4, -0.2) is 40.5 Å². The van der Waals surface area contributed by atoms with Crippen LogP contribution in [0, 0.1) is 0 Å². The number of hydrogen-bond acceptors (Lipinski definition) is 3. The molecule has 15 heavy (non-hydrogen) atoms. The number of amides is 1. The Bertz CT molecular complexity index is 261. The Morgan fingerprint density at radius 3 is 2.40 bits per heavy atom. The number of likely N-dealkylation sites (N-methyl/N-ethyl adjacent to an activating group) is 1. The van der Waals surface area contributed by atoms with Gasteiger partial charge in [-0.1, -0.05) is 0 Å². The van der Waals surface area contributed by atoms with Crippen molar-refractivity contribution in [2.24, 2.45) is 5.73 Å². The molecular weight excluding hydrogens is 196 g/mol. The van der Waals surface area contributed by atoms with Crippen LogP contribution in [0.15, 0.2) is 0 Å². The van der Waals surface area contributed by atoms with Crippen molar-refractivity contribution < 1.29 is 14.7 Å². The Hall–Kier alpha value is -1.10. The summed E-state index contributed by atoms with van der Waals surface area (Å²) in [6.45, 7) is 2.61. The Labute approximate surface area is 89.2 Å². The molecule has 1 amide bonds. The van der Waals surface area contributed by atoms with E-state index in [0.29, 0.717) is 6.54 Å². The molecule has 0 spiro atoms. The fourth-order valence-corrected chi connectivity index (χ4v) is 1.72. The maximum Gasteiger partial charge on any atom is 0.305 e. The zero-order valence-electron chi connectivity index (χ0n) is 9.03. The number of nitrogens with zero attached hydrogens (tertiary/aromatic N) is 1. The first-order valence-corrected chi connectivity index (χ1v) is 5.29. The number of aliphatic carboxylic acids is 1. The van der Waals surface area contributed by atoms with E-state index in [9.17, 15) is 9.59 Å². The van der Waals surface area contributed by atoms with Crippen molar-refractivity contribution in [1.82, 2.24) is 4.90 Å². The lowest BCUT2D eigenvalue weighted by Crippen LogP contribution is -2.59. The predicted octanol–water partition coefficient (Wildman–Crippen LogP) is 0.191. The van der Waals surface area contributed by atoms with E-state index in [0.717, 1.165) is 19.3 Å². The first-order chi connectivity index (χ1) is 6.99. The summed E-state index contributed by atoms with van der Waals surface area (Å²) in [5.41, 5.74) is 5.18. The first-order valence-electron chi connectivity index (χ1n) is 5.29. The first kappa shape index (κ1) is 12.0. The fraction of sp³-hybridized carbons (Fsp3) is 0.800. The highest BCUT2D eigenvalue weighted by Crippen LogP contribution is 2.30. The van der Waals surface area contributed by atoms with Crippen LogP contribution >= 0.6 is 0 Å². The van der Waals surface area contributed by atoms with Crippen molar-refractivity contribution in [1.29, 1.82) is 0 Å². The normalized spacial score (nSPS) is 18.0. The molecule has 5 nitrogen and oxygen atoms in total. The molecule has 1 aliphatic carbocycles. The Kier molecular flexibility index (Phi) is 3.68. The van der Waals surface area contributed by atoms with Crippen molar-refractivity contribution >= 4 is 11.9 Å². The number of rotatable bonds is 5. The van der Waals surface area contributed by atoms with Gasteiger partial charge in [-0.2, -0.15) is 0 Å². The number of carboxylic acid groups (broad SMARTS) is 1. The predicted molar refractivity (Wildman–Crippen MR) is 55.3 cm³/mol. The molecule has 5 heteroatoms. The number of nitrogens with two attached hydrogens (primary N) is 1. The van der Waals surface area contributed by atoms with E-state index in [-0.39, 0.29) is 18.9 Å². The van der Waals surface area contributed by atoms with Gasteiger partial charge in [0.25, 0.3) is 0 Å². The minimum Gasteiger partial charge on any atom is -0.481 e. The van der Waals surface area contributed by atoms with E-state index in [1.54, 1.807) is 0 Å². The molecule has 0 unspecified atom stereocenters. The van der Waals surface area contributed by atoms with Gasteiger partial charge in [-0.15, -0.1) is 0 Å². The molecule has 1 rings (SSSR count). The number of hydrogen-bond donors (Lipinski definition) is 2. The molecule has 0 heterocycles. The number of carboxylic acids is 1. The minimum absolute atomic E-state index is 0.0182. The monoisotopic (exact) mass is 214 g/mol. The molecule has 3 N–H and O–H groups in total. The lowest BCUT2D eigenvalue weighted by Gasteiger charge is -2.40. The molecule has 0 atom stereocenters. The molecule has 0 radical (unpaired) electrons.